The fourth-order valence-electron chi connectivity index (χ4n) is 2.58. The van der Waals surface area contributed by atoms with E-state index in [0.717, 1.165) is 36.9 Å². The summed E-state index contributed by atoms with van der Waals surface area (Å²) in [5, 5.41) is 0. The van der Waals surface area contributed by atoms with Gasteiger partial charge in [0, 0.05) is 18.9 Å². The highest BCUT2D eigenvalue weighted by molar-refractivity contribution is 5.69. The molecule has 1 aromatic heterocycles. The maximum Gasteiger partial charge on any atom is 0.410 e. The zero-order valence-electron chi connectivity index (χ0n) is 12.8. The Morgan fingerprint density at radius 2 is 2.10 bits per heavy atom. The van der Waals surface area contributed by atoms with Gasteiger partial charge >= 0.3 is 6.09 Å². The fraction of sp³-hybridized carbons (Fsp3) is 0.625. The number of amides is 1. The molecule has 0 radical (unpaired) electrons. The van der Waals surface area contributed by atoms with Crippen LogP contribution in [-0.4, -0.2) is 28.1 Å². The van der Waals surface area contributed by atoms with Crippen LogP contribution in [0.15, 0.2) is 18.5 Å². The fourth-order valence-corrected chi connectivity index (χ4v) is 2.58. The highest BCUT2D eigenvalue weighted by Gasteiger charge is 2.31. The molecule has 1 saturated heterocycles. The normalized spacial score (nSPS) is 19.8. The highest BCUT2D eigenvalue weighted by Crippen LogP contribution is 2.32. The maximum absolute atomic E-state index is 12.4. The number of nitrogens with zero attached hydrogens (tertiary/aromatic N) is 2. The van der Waals surface area contributed by atoms with E-state index >= 15 is 0 Å². The van der Waals surface area contributed by atoms with Crippen LogP contribution in [0.25, 0.3) is 0 Å². The van der Waals surface area contributed by atoms with E-state index in [1.807, 2.05) is 45.0 Å². The summed E-state index contributed by atoms with van der Waals surface area (Å²) in [6.07, 6.45) is 6.63. The van der Waals surface area contributed by atoms with E-state index in [1.54, 1.807) is 0 Å². The van der Waals surface area contributed by atoms with Gasteiger partial charge in [0.15, 0.2) is 0 Å². The van der Waals surface area contributed by atoms with Crippen LogP contribution in [0.4, 0.5) is 4.79 Å². The quantitative estimate of drug-likeness (QED) is 0.782. The molecular formula is C16H24N2O2. The van der Waals surface area contributed by atoms with Crippen LogP contribution in [0.5, 0.6) is 0 Å². The van der Waals surface area contributed by atoms with E-state index in [2.05, 4.69) is 11.1 Å². The summed E-state index contributed by atoms with van der Waals surface area (Å²) in [5.74, 6) is 0. The summed E-state index contributed by atoms with van der Waals surface area (Å²) >= 11 is 0. The number of hydrogen-bond donors (Lipinski definition) is 0. The van der Waals surface area contributed by atoms with Crippen molar-refractivity contribution >= 4 is 6.09 Å². The molecule has 110 valence electrons. The molecule has 0 aliphatic carbocycles. The average molecular weight is 276 g/mol. The molecule has 0 unspecified atom stereocenters. The van der Waals surface area contributed by atoms with Crippen molar-refractivity contribution in [1.82, 2.24) is 9.88 Å². The summed E-state index contributed by atoms with van der Waals surface area (Å²) in [6, 6.07) is 2.20. The Hall–Kier alpha value is -1.58. The molecule has 4 nitrogen and oxygen atoms in total. The lowest BCUT2D eigenvalue weighted by molar-refractivity contribution is 0.00947. The minimum absolute atomic E-state index is 0.0889. The van der Waals surface area contributed by atoms with Gasteiger partial charge < -0.3 is 9.64 Å². The number of hydrogen-bond acceptors (Lipinski definition) is 3. The van der Waals surface area contributed by atoms with Gasteiger partial charge in [-0.05, 0) is 58.1 Å². The predicted molar refractivity (Wildman–Crippen MR) is 78.5 cm³/mol. The molecule has 0 N–H and O–H groups in total. The number of ether oxygens (including phenoxy) is 1. The standard InChI is InChI=1S/C16H24N2O2/c1-12-9-13(11-17-10-12)14-7-5-6-8-18(14)15(19)20-16(2,3)4/h9-11,14H,5-8H2,1-4H3/t14-/m1/s1. The zero-order chi connectivity index (χ0) is 14.8. The molecule has 0 spiro atoms. The molecule has 1 aliphatic heterocycles. The van der Waals surface area contributed by atoms with E-state index < -0.39 is 5.60 Å². The SMILES string of the molecule is Cc1cncc([C@H]2CCCCN2C(=O)OC(C)(C)C)c1. The minimum Gasteiger partial charge on any atom is -0.444 e. The summed E-state index contributed by atoms with van der Waals surface area (Å²) in [6.45, 7) is 8.49. The highest BCUT2D eigenvalue weighted by atomic mass is 16.6. The van der Waals surface area contributed by atoms with Crippen molar-refractivity contribution in [3.8, 4) is 0 Å². The third-order valence-corrected chi connectivity index (χ3v) is 3.41. The van der Waals surface area contributed by atoms with E-state index in [-0.39, 0.29) is 12.1 Å². The van der Waals surface area contributed by atoms with Crippen LogP contribution >= 0.6 is 0 Å². The zero-order valence-corrected chi connectivity index (χ0v) is 12.8. The molecule has 0 saturated carbocycles. The predicted octanol–water partition coefficient (Wildman–Crippen LogP) is 3.85. The van der Waals surface area contributed by atoms with Crippen molar-refractivity contribution in [2.45, 2.75) is 58.6 Å². The van der Waals surface area contributed by atoms with Crippen molar-refractivity contribution < 1.29 is 9.53 Å². The Kier molecular flexibility index (Phi) is 4.31. The molecular weight excluding hydrogens is 252 g/mol. The van der Waals surface area contributed by atoms with Crippen molar-refractivity contribution in [3.05, 3.63) is 29.6 Å². The third kappa shape index (κ3) is 3.71. The molecule has 0 bridgehead atoms. The van der Waals surface area contributed by atoms with Crippen LogP contribution in [0.2, 0.25) is 0 Å². The van der Waals surface area contributed by atoms with E-state index in [0.29, 0.717) is 0 Å². The van der Waals surface area contributed by atoms with Crippen molar-refractivity contribution in [2.24, 2.45) is 0 Å². The molecule has 1 aliphatic rings. The van der Waals surface area contributed by atoms with Crippen LogP contribution < -0.4 is 0 Å². The number of rotatable bonds is 1. The van der Waals surface area contributed by atoms with Crippen LogP contribution in [0.1, 0.15) is 57.2 Å². The molecule has 2 heterocycles. The number of piperidine rings is 1. The van der Waals surface area contributed by atoms with Gasteiger partial charge in [0.2, 0.25) is 0 Å². The number of likely N-dealkylation sites (tertiary alicyclic amines) is 1. The second-order valence-corrected chi connectivity index (χ2v) is 6.48. The van der Waals surface area contributed by atoms with Gasteiger partial charge in [-0.1, -0.05) is 6.07 Å². The monoisotopic (exact) mass is 276 g/mol. The molecule has 4 heteroatoms. The second kappa shape index (κ2) is 5.81. The number of aryl methyl sites for hydroxylation is 1. The number of carbonyl (C=O) groups is 1. The Morgan fingerprint density at radius 1 is 1.35 bits per heavy atom. The first-order valence-electron chi connectivity index (χ1n) is 7.28. The lowest BCUT2D eigenvalue weighted by atomic mass is 9.96. The summed E-state index contributed by atoms with van der Waals surface area (Å²) < 4.78 is 5.53. The third-order valence-electron chi connectivity index (χ3n) is 3.41. The Labute approximate surface area is 121 Å². The first-order chi connectivity index (χ1) is 9.37. The minimum atomic E-state index is -0.454. The summed E-state index contributed by atoms with van der Waals surface area (Å²) in [7, 11) is 0. The first-order valence-corrected chi connectivity index (χ1v) is 7.28. The maximum atomic E-state index is 12.4. The number of aromatic nitrogens is 1. The molecule has 2 rings (SSSR count). The lowest BCUT2D eigenvalue weighted by Gasteiger charge is -2.37. The molecule has 20 heavy (non-hydrogen) atoms. The molecule has 1 fully saturated rings. The molecule has 1 aromatic rings. The van der Waals surface area contributed by atoms with Crippen molar-refractivity contribution in [3.63, 3.8) is 0 Å². The van der Waals surface area contributed by atoms with Gasteiger partial charge in [0.05, 0.1) is 6.04 Å². The number of pyridine rings is 1. The topological polar surface area (TPSA) is 42.4 Å². The molecule has 1 atom stereocenters. The van der Waals surface area contributed by atoms with Gasteiger partial charge in [0.25, 0.3) is 0 Å². The van der Waals surface area contributed by atoms with Crippen LogP contribution in [0.3, 0.4) is 0 Å². The summed E-state index contributed by atoms with van der Waals surface area (Å²) in [4.78, 5) is 18.5. The van der Waals surface area contributed by atoms with Gasteiger partial charge in [-0.25, -0.2) is 4.79 Å². The Bertz CT molecular complexity index is 480. The van der Waals surface area contributed by atoms with E-state index in [4.69, 9.17) is 4.74 Å². The van der Waals surface area contributed by atoms with Gasteiger partial charge in [-0.2, -0.15) is 0 Å². The Balaban J connectivity index is 2.19. The van der Waals surface area contributed by atoms with Gasteiger partial charge in [-0.15, -0.1) is 0 Å². The molecule has 1 amide bonds. The van der Waals surface area contributed by atoms with E-state index in [1.165, 1.54) is 0 Å². The second-order valence-electron chi connectivity index (χ2n) is 6.48. The lowest BCUT2D eigenvalue weighted by Crippen LogP contribution is -2.41. The number of carbonyl (C=O) groups excluding carboxylic acids is 1. The average Bonchev–Trinajstić information content (AvgIpc) is 2.37. The van der Waals surface area contributed by atoms with Crippen LogP contribution in [0, 0.1) is 6.92 Å². The van der Waals surface area contributed by atoms with Gasteiger partial charge in [-0.3, -0.25) is 4.98 Å². The summed E-state index contributed by atoms with van der Waals surface area (Å²) in [5.41, 5.74) is 1.77. The largest absolute Gasteiger partial charge is 0.444 e. The van der Waals surface area contributed by atoms with Crippen LogP contribution in [-0.2, 0) is 4.74 Å². The van der Waals surface area contributed by atoms with Crippen molar-refractivity contribution in [2.75, 3.05) is 6.54 Å². The molecule has 0 aromatic carbocycles. The van der Waals surface area contributed by atoms with E-state index in [9.17, 15) is 4.79 Å². The smallest absolute Gasteiger partial charge is 0.410 e. The van der Waals surface area contributed by atoms with Gasteiger partial charge in [0.1, 0.15) is 5.60 Å². The first kappa shape index (κ1) is 14.8. The van der Waals surface area contributed by atoms with Crippen molar-refractivity contribution in [1.29, 1.82) is 0 Å². The Morgan fingerprint density at radius 3 is 2.75 bits per heavy atom.